The summed E-state index contributed by atoms with van der Waals surface area (Å²) in [4.78, 5) is 18.5. The predicted octanol–water partition coefficient (Wildman–Crippen LogP) is 3.67. The molecule has 0 radical (unpaired) electrons. The van der Waals surface area contributed by atoms with Crippen LogP contribution in [0.3, 0.4) is 0 Å². The lowest BCUT2D eigenvalue weighted by molar-refractivity contribution is -0.122. The first-order chi connectivity index (χ1) is 10.3. The first kappa shape index (κ1) is 19.2. The van der Waals surface area contributed by atoms with Gasteiger partial charge in [0.05, 0.1) is 5.56 Å². The average molecular weight is 310 g/mol. The van der Waals surface area contributed by atoms with E-state index in [0.717, 1.165) is 17.2 Å². The van der Waals surface area contributed by atoms with Crippen molar-refractivity contribution in [3.05, 3.63) is 70.8 Å². The van der Waals surface area contributed by atoms with Crippen LogP contribution in [0.15, 0.2) is 42.5 Å². The Morgan fingerprint density at radius 2 is 1.45 bits per heavy atom. The Hall–Kier alpha value is -2.76. The van der Waals surface area contributed by atoms with Crippen molar-refractivity contribution in [2.24, 2.45) is 0 Å². The molecule has 6 heteroatoms. The Morgan fingerprint density at radius 3 is 1.77 bits per heavy atom. The predicted molar refractivity (Wildman–Crippen MR) is 77.9 cm³/mol. The second kappa shape index (κ2) is 10.0. The summed E-state index contributed by atoms with van der Waals surface area (Å²) in [7, 11) is 0. The van der Waals surface area contributed by atoms with Crippen molar-refractivity contribution in [1.82, 2.24) is 0 Å². The standard InChI is InChI=1S/C8H9F.C7H5FO2.CH2O2/c1-6-4-3-5-7(2)8(6)9;8-6-4-2-1-3-5(6)7(9)10;2-1-3/h3-5H,1-2H3;1-4H,(H,9,10);1H,(H,2,3). The largest absolute Gasteiger partial charge is 0.483 e. The molecule has 2 rings (SSSR count). The molecule has 0 spiro atoms. The number of aryl methyl sites for hydroxylation is 2. The van der Waals surface area contributed by atoms with E-state index in [1.54, 1.807) is 26.0 Å². The topological polar surface area (TPSA) is 74.6 Å². The molecule has 0 aliphatic rings. The van der Waals surface area contributed by atoms with Crippen LogP contribution in [-0.2, 0) is 4.79 Å². The molecule has 2 N–H and O–H groups in total. The fraction of sp³-hybridized carbons (Fsp3) is 0.125. The third-order valence-corrected chi connectivity index (χ3v) is 2.49. The molecule has 2 aromatic carbocycles. The Balaban J connectivity index is 0.000000342. The number of hydrogen-bond donors (Lipinski definition) is 2. The van der Waals surface area contributed by atoms with Crippen LogP contribution in [0.5, 0.6) is 0 Å². The molecule has 0 unspecified atom stereocenters. The van der Waals surface area contributed by atoms with Gasteiger partial charge in [-0.2, -0.15) is 0 Å². The molecule has 0 aromatic heterocycles. The fourth-order valence-electron chi connectivity index (χ4n) is 1.43. The van der Waals surface area contributed by atoms with E-state index in [0.29, 0.717) is 0 Å². The summed E-state index contributed by atoms with van der Waals surface area (Å²) in [6, 6.07) is 10.6. The summed E-state index contributed by atoms with van der Waals surface area (Å²) in [5.74, 6) is -2.02. The van der Waals surface area contributed by atoms with E-state index >= 15 is 0 Å². The van der Waals surface area contributed by atoms with Crippen molar-refractivity contribution in [1.29, 1.82) is 0 Å². The van der Waals surface area contributed by atoms with Gasteiger partial charge in [0.25, 0.3) is 6.47 Å². The van der Waals surface area contributed by atoms with E-state index in [4.69, 9.17) is 15.0 Å². The van der Waals surface area contributed by atoms with Gasteiger partial charge < -0.3 is 10.2 Å². The number of carboxylic acids is 1. The van der Waals surface area contributed by atoms with Crippen LogP contribution in [0.2, 0.25) is 0 Å². The number of carbonyl (C=O) groups is 2. The van der Waals surface area contributed by atoms with Gasteiger partial charge in [-0.25, -0.2) is 13.6 Å². The number of rotatable bonds is 1. The lowest BCUT2D eigenvalue weighted by atomic mass is 10.1. The molecular formula is C16H16F2O4. The molecule has 0 aliphatic heterocycles. The van der Waals surface area contributed by atoms with Crippen LogP contribution in [0, 0.1) is 25.5 Å². The zero-order valence-corrected chi connectivity index (χ0v) is 12.1. The molecule has 2 aromatic rings. The van der Waals surface area contributed by atoms with Gasteiger partial charge in [0.1, 0.15) is 11.6 Å². The molecule has 22 heavy (non-hydrogen) atoms. The molecule has 0 aliphatic carbocycles. The molecule has 0 fully saturated rings. The highest BCUT2D eigenvalue weighted by Gasteiger charge is 2.06. The summed E-state index contributed by atoms with van der Waals surface area (Å²) in [5, 5.41) is 15.2. The van der Waals surface area contributed by atoms with E-state index < -0.39 is 11.8 Å². The number of halogens is 2. The van der Waals surface area contributed by atoms with Gasteiger partial charge in [-0.05, 0) is 37.1 Å². The quantitative estimate of drug-likeness (QED) is 0.788. The SMILES string of the molecule is Cc1cccc(C)c1F.O=C(O)c1ccccc1F.O=CO. The zero-order chi connectivity index (χ0) is 17.1. The summed E-state index contributed by atoms with van der Waals surface area (Å²) in [5.41, 5.74) is 1.15. The molecule has 4 nitrogen and oxygen atoms in total. The van der Waals surface area contributed by atoms with Crippen LogP contribution in [-0.4, -0.2) is 22.7 Å². The van der Waals surface area contributed by atoms with Gasteiger partial charge in [-0.1, -0.05) is 30.3 Å². The van der Waals surface area contributed by atoms with Gasteiger partial charge in [-0.15, -0.1) is 0 Å². The van der Waals surface area contributed by atoms with E-state index in [1.165, 1.54) is 18.2 Å². The maximum absolute atomic E-state index is 12.7. The Labute approximate surface area is 126 Å². The van der Waals surface area contributed by atoms with Crippen molar-refractivity contribution < 1.29 is 28.6 Å². The van der Waals surface area contributed by atoms with E-state index in [-0.39, 0.29) is 17.9 Å². The van der Waals surface area contributed by atoms with Crippen molar-refractivity contribution in [3.63, 3.8) is 0 Å². The second-order valence-corrected chi connectivity index (χ2v) is 4.10. The molecule has 0 saturated heterocycles. The lowest BCUT2D eigenvalue weighted by Crippen LogP contribution is -1.98. The fourth-order valence-corrected chi connectivity index (χ4v) is 1.43. The Kier molecular flexibility index (Phi) is 8.78. The minimum atomic E-state index is -1.24. The smallest absolute Gasteiger partial charge is 0.338 e. The maximum atomic E-state index is 12.7. The van der Waals surface area contributed by atoms with Gasteiger partial charge in [0, 0.05) is 0 Å². The molecule has 0 atom stereocenters. The Morgan fingerprint density at radius 1 is 1.00 bits per heavy atom. The molecular weight excluding hydrogens is 294 g/mol. The third-order valence-electron chi connectivity index (χ3n) is 2.49. The van der Waals surface area contributed by atoms with E-state index in [2.05, 4.69) is 0 Å². The highest BCUT2D eigenvalue weighted by molar-refractivity contribution is 5.87. The van der Waals surface area contributed by atoms with Crippen molar-refractivity contribution in [2.45, 2.75) is 13.8 Å². The normalized spacial score (nSPS) is 8.73. The summed E-state index contributed by atoms with van der Waals surface area (Å²) in [6.07, 6.45) is 0. The van der Waals surface area contributed by atoms with Gasteiger partial charge in [-0.3, -0.25) is 4.79 Å². The average Bonchev–Trinajstić information content (AvgIpc) is 2.46. The van der Waals surface area contributed by atoms with E-state index in [1.807, 2.05) is 6.07 Å². The minimum absolute atomic E-state index is 0.0856. The monoisotopic (exact) mass is 310 g/mol. The molecule has 0 amide bonds. The van der Waals surface area contributed by atoms with Crippen LogP contribution >= 0.6 is 0 Å². The van der Waals surface area contributed by atoms with Crippen LogP contribution in [0.25, 0.3) is 0 Å². The van der Waals surface area contributed by atoms with Gasteiger partial charge >= 0.3 is 5.97 Å². The van der Waals surface area contributed by atoms with Crippen LogP contribution in [0.4, 0.5) is 8.78 Å². The first-order valence-corrected chi connectivity index (χ1v) is 6.12. The van der Waals surface area contributed by atoms with Crippen molar-refractivity contribution in [3.8, 4) is 0 Å². The van der Waals surface area contributed by atoms with Crippen LogP contribution in [0.1, 0.15) is 21.5 Å². The molecule has 118 valence electrons. The summed E-state index contributed by atoms with van der Waals surface area (Å²) >= 11 is 0. The van der Waals surface area contributed by atoms with E-state index in [9.17, 15) is 13.6 Å². The van der Waals surface area contributed by atoms with Crippen molar-refractivity contribution in [2.75, 3.05) is 0 Å². The number of hydrogen-bond acceptors (Lipinski definition) is 2. The minimum Gasteiger partial charge on any atom is -0.483 e. The van der Waals surface area contributed by atoms with Gasteiger partial charge in [0.15, 0.2) is 0 Å². The number of aromatic carboxylic acids is 1. The molecule has 0 bridgehead atoms. The first-order valence-electron chi connectivity index (χ1n) is 6.12. The second-order valence-electron chi connectivity index (χ2n) is 4.10. The van der Waals surface area contributed by atoms with Gasteiger partial charge in [0.2, 0.25) is 0 Å². The van der Waals surface area contributed by atoms with Crippen LogP contribution < -0.4 is 0 Å². The lowest BCUT2D eigenvalue weighted by Gasteiger charge is -1.96. The highest BCUT2D eigenvalue weighted by atomic mass is 19.1. The van der Waals surface area contributed by atoms with Crippen molar-refractivity contribution >= 4 is 12.4 Å². The maximum Gasteiger partial charge on any atom is 0.338 e. The molecule has 0 heterocycles. The summed E-state index contributed by atoms with van der Waals surface area (Å²) in [6.45, 7) is 3.28. The number of carboxylic acid groups (broad SMARTS) is 2. The molecule has 0 saturated carbocycles. The summed E-state index contributed by atoms with van der Waals surface area (Å²) < 4.78 is 25.2. The third kappa shape index (κ3) is 6.60. The number of benzene rings is 2. The zero-order valence-electron chi connectivity index (χ0n) is 12.1. The highest BCUT2D eigenvalue weighted by Crippen LogP contribution is 2.09. The Bertz CT molecular complexity index is 607.